The van der Waals surface area contributed by atoms with Crippen molar-refractivity contribution in [2.24, 2.45) is 0 Å². The van der Waals surface area contributed by atoms with E-state index in [4.69, 9.17) is 0 Å². The predicted octanol–water partition coefficient (Wildman–Crippen LogP) is 1.19. The first-order chi connectivity index (χ1) is 5.18. The second kappa shape index (κ2) is 3.23. The molecular weight excluding hydrogens is 154 g/mol. The molecule has 1 aromatic heterocycles. The van der Waals surface area contributed by atoms with Gasteiger partial charge in [-0.2, -0.15) is 8.78 Å². The van der Waals surface area contributed by atoms with E-state index in [9.17, 15) is 8.78 Å². The number of aromatic nitrogens is 2. The van der Waals surface area contributed by atoms with Crippen molar-refractivity contribution >= 4 is 0 Å². The van der Waals surface area contributed by atoms with Crippen molar-refractivity contribution in [1.82, 2.24) is 10.2 Å². The third kappa shape index (κ3) is 2.45. The molecule has 0 spiro atoms. The second-order valence-electron chi connectivity index (χ2n) is 1.86. The molecule has 5 heteroatoms. The summed E-state index contributed by atoms with van der Waals surface area (Å²) in [6.45, 7) is -1.20. The van der Waals surface area contributed by atoms with Gasteiger partial charge < -0.3 is 4.74 Å². The monoisotopic (exact) mass is 159 g/mol. The van der Waals surface area contributed by atoms with Crippen molar-refractivity contribution in [3.63, 3.8) is 0 Å². The first-order valence-electron chi connectivity index (χ1n) is 2.85. The maximum atomic E-state index is 11.6. The summed E-state index contributed by atoms with van der Waals surface area (Å²) < 4.78 is 27.1. The highest BCUT2D eigenvalue weighted by atomic mass is 19.3. The molecule has 0 saturated heterocycles. The first kappa shape index (κ1) is 7.84. The van der Waals surface area contributed by atoms with Gasteiger partial charge in [-0.25, -0.2) is 0 Å². The van der Waals surface area contributed by atoms with E-state index in [2.05, 4.69) is 21.1 Å². The Hall–Kier alpha value is -1.26. The van der Waals surface area contributed by atoms with Crippen LogP contribution in [0, 0.1) is 13.1 Å². The van der Waals surface area contributed by atoms with Crippen molar-refractivity contribution in [3.8, 4) is 5.88 Å². The lowest BCUT2D eigenvalue weighted by atomic mass is 10.3. The first-order valence-corrected chi connectivity index (χ1v) is 2.85. The molecule has 0 atom stereocenters. The third-order valence-electron chi connectivity index (χ3n) is 0.925. The number of halogens is 2. The summed E-state index contributed by atoms with van der Waals surface area (Å²) in [5.74, 6) is -0.184. The van der Waals surface area contributed by atoms with Crippen LogP contribution in [0.1, 0.15) is 5.56 Å². The molecule has 0 bridgehead atoms. The maximum Gasteiger partial charge on any atom is 0.388 e. The van der Waals surface area contributed by atoms with Gasteiger partial charge in [0.2, 0.25) is 5.88 Å². The number of alkyl halides is 2. The Bertz CT molecular complexity index is 242. The zero-order chi connectivity index (χ0) is 8.27. The molecule has 59 valence electrons. The van der Waals surface area contributed by atoms with Crippen molar-refractivity contribution in [1.29, 1.82) is 0 Å². The van der Waals surface area contributed by atoms with Crippen LogP contribution in [0.3, 0.4) is 0 Å². The standard InChI is InChI=1S/C6H5F2N2O/c1-4-2-5(10-9-3-4)11-6(7)8/h2,6H,1H3. The smallest absolute Gasteiger partial charge is 0.388 e. The van der Waals surface area contributed by atoms with Crippen molar-refractivity contribution in [3.05, 3.63) is 17.8 Å². The lowest BCUT2D eigenvalue weighted by Crippen LogP contribution is -2.04. The Kier molecular flexibility index (Phi) is 2.30. The van der Waals surface area contributed by atoms with Crippen LogP contribution in [0.5, 0.6) is 5.88 Å². The molecule has 11 heavy (non-hydrogen) atoms. The molecular formula is C6H5F2N2O. The van der Waals surface area contributed by atoms with Crippen LogP contribution in [0.25, 0.3) is 0 Å². The van der Waals surface area contributed by atoms with E-state index in [0.29, 0.717) is 5.56 Å². The highest BCUT2D eigenvalue weighted by Gasteiger charge is 2.04. The number of rotatable bonds is 2. The Morgan fingerprint density at radius 1 is 1.64 bits per heavy atom. The van der Waals surface area contributed by atoms with Gasteiger partial charge in [-0.3, -0.25) is 0 Å². The molecule has 0 aliphatic heterocycles. The summed E-state index contributed by atoms with van der Waals surface area (Å²) >= 11 is 0. The number of nitrogens with zero attached hydrogens (tertiary/aromatic N) is 2. The molecule has 1 radical (unpaired) electrons. The predicted molar refractivity (Wildman–Crippen MR) is 32.2 cm³/mol. The minimum absolute atomic E-state index is 0.184. The molecule has 3 nitrogen and oxygen atoms in total. The minimum atomic E-state index is -2.86. The Labute approximate surface area is 62.0 Å². The van der Waals surface area contributed by atoms with Gasteiger partial charge in [-0.1, -0.05) is 0 Å². The fraction of sp³-hybridized carbons (Fsp3) is 0.333. The lowest BCUT2D eigenvalue weighted by Gasteiger charge is -2.00. The van der Waals surface area contributed by atoms with Gasteiger partial charge in [0.1, 0.15) is 6.20 Å². The number of hydrogen-bond donors (Lipinski definition) is 0. The van der Waals surface area contributed by atoms with Gasteiger partial charge in [0.25, 0.3) is 0 Å². The van der Waals surface area contributed by atoms with Crippen LogP contribution in [-0.4, -0.2) is 16.8 Å². The fourth-order valence-corrected chi connectivity index (χ4v) is 0.548. The summed E-state index contributed by atoms with van der Waals surface area (Å²) in [7, 11) is 0. The molecule has 0 N–H and O–H groups in total. The Balaban J connectivity index is 2.71. The lowest BCUT2D eigenvalue weighted by molar-refractivity contribution is -0.0534. The van der Waals surface area contributed by atoms with Gasteiger partial charge in [-0.15, -0.1) is 10.2 Å². The molecule has 0 aliphatic carbocycles. The number of ether oxygens (including phenoxy) is 1. The highest BCUT2D eigenvalue weighted by molar-refractivity contribution is 5.13. The summed E-state index contributed by atoms with van der Waals surface area (Å²) in [6.07, 6.45) is 2.46. The van der Waals surface area contributed by atoms with Gasteiger partial charge in [-0.05, 0) is 12.5 Å². The quantitative estimate of drug-likeness (QED) is 0.650. The van der Waals surface area contributed by atoms with E-state index in [1.54, 1.807) is 6.92 Å². The number of aryl methyl sites for hydroxylation is 1. The third-order valence-corrected chi connectivity index (χ3v) is 0.925. The van der Waals surface area contributed by atoms with Gasteiger partial charge >= 0.3 is 6.61 Å². The van der Waals surface area contributed by atoms with Gasteiger partial charge in [0, 0.05) is 6.07 Å². The summed E-state index contributed by atoms with van der Waals surface area (Å²) in [5.41, 5.74) is 0.607. The second-order valence-corrected chi connectivity index (χ2v) is 1.86. The maximum absolute atomic E-state index is 11.6. The average Bonchev–Trinajstić information content (AvgIpc) is 1.85. The van der Waals surface area contributed by atoms with Crippen LogP contribution in [0.15, 0.2) is 6.07 Å². The van der Waals surface area contributed by atoms with Gasteiger partial charge in [0.05, 0.1) is 0 Å². The van der Waals surface area contributed by atoms with E-state index < -0.39 is 6.61 Å². The SMILES string of the molecule is Cc1[c]nnc(OC(F)F)c1. The zero-order valence-electron chi connectivity index (χ0n) is 5.71. The van der Waals surface area contributed by atoms with E-state index >= 15 is 0 Å². The molecule has 0 unspecified atom stereocenters. The topological polar surface area (TPSA) is 35.0 Å². The van der Waals surface area contributed by atoms with Crippen molar-refractivity contribution in [2.75, 3.05) is 0 Å². The largest absolute Gasteiger partial charge is 0.415 e. The zero-order valence-corrected chi connectivity index (χ0v) is 5.71. The van der Waals surface area contributed by atoms with E-state index in [-0.39, 0.29) is 5.88 Å². The van der Waals surface area contributed by atoms with Crippen LogP contribution in [0.4, 0.5) is 8.78 Å². The van der Waals surface area contributed by atoms with Crippen LogP contribution in [0.2, 0.25) is 0 Å². The molecule has 0 saturated carbocycles. The van der Waals surface area contributed by atoms with Crippen LogP contribution >= 0.6 is 0 Å². The Morgan fingerprint density at radius 3 is 2.91 bits per heavy atom. The minimum Gasteiger partial charge on any atom is -0.415 e. The van der Waals surface area contributed by atoms with Crippen LogP contribution < -0.4 is 4.74 Å². The molecule has 0 aromatic carbocycles. The van der Waals surface area contributed by atoms with Gasteiger partial charge in [0.15, 0.2) is 0 Å². The van der Waals surface area contributed by atoms with E-state index in [1.807, 2.05) is 0 Å². The summed E-state index contributed by atoms with van der Waals surface area (Å²) in [6, 6.07) is 1.33. The van der Waals surface area contributed by atoms with Crippen molar-refractivity contribution in [2.45, 2.75) is 13.5 Å². The summed E-state index contributed by atoms with van der Waals surface area (Å²) in [5, 5.41) is 6.58. The van der Waals surface area contributed by atoms with E-state index in [1.165, 1.54) is 6.07 Å². The number of hydrogen-bond acceptors (Lipinski definition) is 3. The molecule has 1 rings (SSSR count). The van der Waals surface area contributed by atoms with Crippen molar-refractivity contribution < 1.29 is 13.5 Å². The highest BCUT2D eigenvalue weighted by Crippen LogP contribution is 2.08. The molecule has 1 aromatic rings. The molecule has 0 fully saturated rings. The Morgan fingerprint density at radius 2 is 2.36 bits per heavy atom. The summed E-state index contributed by atoms with van der Waals surface area (Å²) in [4.78, 5) is 0. The molecule has 0 aliphatic rings. The normalized spacial score (nSPS) is 10.2. The van der Waals surface area contributed by atoms with E-state index in [0.717, 1.165) is 0 Å². The fourth-order valence-electron chi connectivity index (χ4n) is 0.548. The molecule has 1 heterocycles. The molecule has 0 amide bonds. The van der Waals surface area contributed by atoms with Crippen LogP contribution in [-0.2, 0) is 0 Å². The average molecular weight is 159 g/mol.